The molecular formula is C36H46N4O9S. The summed E-state index contributed by atoms with van der Waals surface area (Å²) in [5.74, 6) is -3.24. The summed E-state index contributed by atoms with van der Waals surface area (Å²) in [7, 11) is -2.34. The molecule has 0 aliphatic carbocycles. The zero-order valence-electron chi connectivity index (χ0n) is 28.9. The number of amides is 4. The monoisotopic (exact) mass is 710 g/mol. The normalized spacial score (nSPS) is 18.2. The Kier molecular flexibility index (Phi) is 12.6. The molecule has 0 aromatic heterocycles. The number of carbonyl (C=O) groups is 4. The topological polar surface area (TPSA) is 180 Å². The van der Waals surface area contributed by atoms with Crippen LogP contribution >= 0.6 is 0 Å². The standard InChI is InChI=1S/C36H46N4O9S/c1-36(2,3)39-34(44)29-19-25(48-4)20-40(29)35(45)32(42)27(18-23-12-7-6-8-13-23)38-33(43)28(22-50(5,46)47)37-31(41)21-49-30-17-11-15-24-14-9-10-16-26(24)30/h6-17,25,27-29,32,42H,18-22H2,1-5H3,(H,37,41)(H,38,43)(H,39,44)/t25?,27-,28-,29?,32-/m0/s1. The average Bonchev–Trinajstić information content (AvgIpc) is 3.50. The van der Waals surface area contributed by atoms with E-state index in [1.54, 1.807) is 42.5 Å². The van der Waals surface area contributed by atoms with E-state index in [2.05, 4.69) is 16.0 Å². The molecule has 1 saturated heterocycles. The molecule has 3 aromatic carbocycles. The summed E-state index contributed by atoms with van der Waals surface area (Å²) in [6.07, 6.45) is -1.20. The zero-order valence-corrected chi connectivity index (χ0v) is 29.7. The second kappa shape index (κ2) is 16.5. The summed E-state index contributed by atoms with van der Waals surface area (Å²) in [6, 6.07) is 17.8. The summed E-state index contributed by atoms with van der Waals surface area (Å²) in [5, 5.41) is 21.1. The number of nitrogens with zero attached hydrogens (tertiary/aromatic N) is 1. The first-order chi connectivity index (χ1) is 23.5. The van der Waals surface area contributed by atoms with Crippen LogP contribution in [-0.2, 0) is 40.2 Å². The number of fused-ring (bicyclic) bond motifs is 1. The van der Waals surface area contributed by atoms with Gasteiger partial charge in [-0.1, -0.05) is 66.7 Å². The zero-order chi connectivity index (χ0) is 36.6. The second-order valence-electron chi connectivity index (χ2n) is 13.6. The Hall–Kier alpha value is -4.53. The molecule has 2 unspecified atom stereocenters. The third-order valence-electron chi connectivity index (χ3n) is 8.17. The fraction of sp³-hybridized carbons (Fsp3) is 0.444. The van der Waals surface area contributed by atoms with Crippen molar-refractivity contribution in [3.63, 3.8) is 0 Å². The Morgan fingerprint density at radius 2 is 1.62 bits per heavy atom. The van der Waals surface area contributed by atoms with E-state index in [-0.39, 0.29) is 19.4 Å². The van der Waals surface area contributed by atoms with Gasteiger partial charge in [0.1, 0.15) is 27.7 Å². The van der Waals surface area contributed by atoms with Crippen molar-refractivity contribution in [1.29, 1.82) is 0 Å². The van der Waals surface area contributed by atoms with Crippen molar-refractivity contribution in [1.82, 2.24) is 20.9 Å². The van der Waals surface area contributed by atoms with Crippen LogP contribution in [0.15, 0.2) is 72.8 Å². The average molecular weight is 711 g/mol. The van der Waals surface area contributed by atoms with Crippen LogP contribution in [0.4, 0.5) is 0 Å². The largest absolute Gasteiger partial charge is 0.483 e. The number of carbonyl (C=O) groups excluding carboxylic acids is 4. The highest BCUT2D eigenvalue weighted by Gasteiger charge is 2.44. The van der Waals surface area contributed by atoms with E-state index in [4.69, 9.17) is 9.47 Å². The van der Waals surface area contributed by atoms with Gasteiger partial charge in [-0.3, -0.25) is 19.2 Å². The molecule has 0 saturated carbocycles. The van der Waals surface area contributed by atoms with Crippen molar-refractivity contribution in [3.05, 3.63) is 78.4 Å². The summed E-state index contributed by atoms with van der Waals surface area (Å²) >= 11 is 0. The molecule has 1 fully saturated rings. The van der Waals surface area contributed by atoms with Crippen molar-refractivity contribution in [3.8, 4) is 5.75 Å². The van der Waals surface area contributed by atoms with E-state index in [1.165, 1.54) is 12.0 Å². The SMILES string of the molecule is COC1CC(C(=O)NC(C)(C)C)N(C(=O)[C@@H](O)[C@H](Cc2ccccc2)NC(=O)[C@H](CS(C)(=O)=O)NC(=O)COc2cccc3ccccc23)C1. The Morgan fingerprint density at radius 1 is 0.960 bits per heavy atom. The van der Waals surface area contributed by atoms with E-state index in [0.717, 1.165) is 17.0 Å². The van der Waals surface area contributed by atoms with Gasteiger partial charge in [0.25, 0.3) is 11.8 Å². The lowest BCUT2D eigenvalue weighted by molar-refractivity contribution is -0.147. The molecule has 0 spiro atoms. The molecule has 4 rings (SSSR count). The number of likely N-dealkylation sites (tertiary alicyclic amines) is 1. The number of methoxy groups -OCH3 is 1. The van der Waals surface area contributed by atoms with Crippen molar-refractivity contribution < 1.29 is 42.2 Å². The maximum absolute atomic E-state index is 13.9. The highest BCUT2D eigenvalue weighted by atomic mass is 32.2. The van der Waals surface area contributed by atoms with Crippen molar-refractivity contribution in [2.24, 2.45) is 0 Å². The van der Waals surface area contributed by atoms with Gasteiger partial charge in [0.15, 0.2) is 12.7 Å². The van der Waals surface area contributed by atoms with E-state index in [1.807, 2.05) is 51.1 Å². The lowest BCUT2D eigenvalue weighted by Crippen LogP contribution is -2.60. The molecule has 4 N–H and O–H groups in total. The van der Waals surface area contributed by atoms with Crippen LogP contribution in [0.25, 0.3) is 10.8 Å². The van der Waals surface area contributed by atoms with Crippen LogP contribution in [0.3, 0.4) is 0 Å². The number of ether oxygens (including phenoxy) is 2. The molecule has 5 atom stereocenters. The van der Waals surface area contributed by atoms with Gasteiger partial charge in [0.05, 0.1) is 17.9 Å². The fourth-order valence-electron chi connectivity index (χ4n) is 5.83. The van der Waals surface area contributed by atoms with Crippen LogP contribution in [0.2, 0.25) is 0 Å². The molecule has 1 aliphatic rings. The molecule has 13 nitrogen and oxygen atoms in total. The molecule has 14 heteroatoms. The molecule has 1 heterocycles. The maximum Gasteiger partial charge on any atom is 0.258 e. The quantitative estimate of drug-likeness (QED) is 0.192. The first kappa shape index (κ1) is 38.3. The molecule has 3 aromatic rings. The van der Waals surface area contributed by atoms with Gasteiger partial charge >= 0.3 is 0 Å². The molecule has 50 heavy (non-hydrogen) atoms. The Labute approximate surface area is 292 Å². The van der Waals surface area contributed by atoms with Crippen molar-refractivity contribution in [2.45, 2.75) is 69.5 Å². The summed E-state index contributed by atoms with van der Waals surface area (Å²) < 4.78 is 35.9. The summed E-state index contributed by atoms with van der Waals surface area (Å²) in [4.78, 5) is 55.1. The van der Waals surface area contributed by atoms with Crippen molar-refractivity contribution >= 4 is 44.2 Å². The predicted molar refractivity (Wildman–Crippen MR) is 188 cm³/mol. The Bertz CT molecular complexity index is 1770. The number of hydrogen-bond donors (Lipinski definition) is 4. The number of hydrogen-bond acceptors (Lipinski definition) is 9. The van der Waals surface area contributed by atoms with Crippen LogP contribution in [0.5, 0.6) is 5.75 Å². The van der Waals surface area contributed by atoms with Gasteiger partial charge in [-0.05, 0) is 44.2 Å². The summed E-state index contributed by atoms with van der Waals surface area (Å²) in [5.41, 5.74) is 0.0771. The van der Waals surface area contributed by atoms with Crippen LogP contribution in [0.1, 0.15) is 32.8 Å². The number of rotatable bonds is 14. The number of aliphatic hydroxyl groups is 1. The fourth-order valence-corrected chi connectivity index (χ4v) is 6.67. The van der Waals surface area contributed by atoms with Gasteiger partial charge < -0.3 is 35.4 Å². The minimum absolute atomic E-state index is 0.0242. The third-order valence-corrected chi connectivity index (χ3v) is 9.11. The number of sulfone groups is 1. The number of nitrogens with one attached hydrogen (secondary N) is 3. The van der Waals surface area contributed by atoms with E-state index in [0.29, 0.717) is 11.3 Å². The molecule has 0 bridgehead atoms. The Morgan fingerprint density at radius 3 is 2.28 bits per heavy atom. The highest BCUT2D eigenvalue weighted by molar-refractivity contribution is 7.90. The lowest BCUT2D eigenvalue weighted by Gasteiger charge is -2.32. The van der Waals surface area contributed by atoms with Gasteiger partial charge in [0.2, 0.25) is 11.8 Å². The smallest absolute Gasteiger partial charge is 0.258 e. The summed E-state index contributed by atoms with van der Waals surface area (Å²) in [6.45, 7) is 4.94. The Balaban J connectivity index is 1.54. The van der Waals surface area contributed by atoms with Crippen molar-refractivity contribution in [2.75, 3.05) is 32.3 Å². The molecule has 0 radical (unpaired) electrons. The molecule has 4 amide bonds. The first-order valence-electron chi connectivity index (χ1n) is 16.3. The molecular weight excluding hydrogens is 664 g/mol. The minimum Gasteiger partial charge on any atom is -0.483 e. The highest BCUT2D eigenvalue weighted by Crippen LogP contribution is 2.25. The minimum atomic E-state index is -3.81. The predicted octanol–water partition coefficient (Wildman–Crippen LogP) is 1.37. The molecule has 270 valence electrons. The second-order valence-corrected chi connectivity index (χ2v) is 15.8. The van der Waals surface area contributed by atoms with E-state index in [9.17, 15) is 32.7 Å². The third kappa shape index (κ3) is 10.7. The lowest BCUT2D eigenvalue weighted by atomic mass is 9.99. The van der Waals surface area contributed by atoms with Gasteiger partial charge in [-0.15, -0.1) is 0 Å². The number of aliphatic hydroxyl groups excluding tert-OH is 1. The van der Waals surface area contributed by atoms with Crippen LogP contribution < -0.4 is 20.7 Å². The van der Waals surface area contributed by atoms with Gasteiger partial charge in [-0.25, -0.2) is 8.42 Å². The van der Waals surface area contributed by atoms with E-state index < -0.39 is 81.7 Å². The first-order valence-corrected chi connectivity index (χ1v) is 18.4. The maximum atomic E-state index is 13.9. The van der Waals surface area contributed by atoms with Crippen LogP contribution in [-0.4, -0.2) is 110 Å². The van der Waals surface area contributed by atoms with Gasteiger partial charge in [-0.2, -0.15) is 0 Å². The van der Waals surface area contributed by atoms with E-state index >= 15 is 0 Å². The molecule has 1 aliphatic heterocycles. The van der Waals surface area contributed by atoms with Crippen LogP contribution in [0, 0.1) is 0 Å². The van der Waals surface area contributed by atoms with Gasteiger partial charge in [0, 0.05) is 37.3 Å². The number of benzene rings is 3.